The van der Waals surface area contributed by atoms with Gasteiger partial charge in [-0.05, 0) is 37.5 Å². The Balaban J connectivity index is 2.40. The Labute approximate surface area is 108 Å². The summed E-state index contributed by atoms with van der Waals surface area (Å²) in [5, 5.41) is 14.9. The fourth-order valence-electron chi connectivity index (χ4n) is 2.26. The van der Waals surface area contributed by atoms with Crippen LogP contribution in [0.2, 0.25) is 0 Å². The van der Waals surface area contributed by atoms with Gasteiger partial charge < -0.3 is 5.11 Å². The molecule has 0 fully saturated rings. The second kappa shape index (κ2) is 4.94. The summed E-state index contributed by atoms with van der Waals surface area (Å²) in [4.78, 5) is 0. The van der Waals surface area contributed by atoms with E-state index in [2.05, 4.69) is 25.0 Å². The molecule has 1 atom stereocenters. The van der Waals surface area contributed by atoms with Crippen LogP contribution in [-0.2, 0) is 13.5 Å². The lowest BCUT2D eigenvalue weighted by atomic mass is 9.99. The summed E-state index contributed by atoms with van der Waals surface area (Å²) in [6.45, 7) is 6.15. The van der Waals surface area contributed by atoms with Gasteiger partial charge in [-0.25, -0.2) is 0 Å². The first-order valence-corrected chi connectivity index (χ1v) is 6.31. The van der Waals surface area contributed by atoms with Gasteiger partial charge in [0.1, 0.15) is 6.10 Å². The first kappa shape index (κ1) is 12.8. The van der Waals surface area contributed by atoms with Crippen molar-refractivity contribution in [3.05, 3.63) is 52.3 Å². The molecule has 1 unspecified atom stereocenters. The molecule has 1 aromatic carbocycles. The van der Waals surface area contributed by atoms with Gasteiger partial charge in [0.05, 0.1) is 11.4 Å². The maximum absolute atomic E-state index is 10.5. The van der Waals surface area contributed by atoms with Gasteiger partial charge in [-0.15, -0.1) is 0 Å². The molecule has 3 heteroatoms. The van der Waals surface area contributed by atoms with Crippen molar-refractivity contribution in [3.63, 3.8) is 0 Å². The van der Waals surface area contributed by atoms with Gasteiger partial charge in [0, 0.05) is 7.05 Å². The maximum atomic E-state index is 10.5. The average molecular weight is 244 g/mol. The van der Waals surface area contributed by atoms with E-state index >= 15 is 0 Å². The number of aromatic nitrogens is 2. The molecule has 0 bridgehead atoms. The number of nitrogens with zero attached hydrogens (tertiary/aromatic N) is 2. The topological polar surface area (TPSA) is 38.0 Å². The molecule has 18 heavy (non-hydrogen) atoms. The van der Waals surface area contributed by atoms with Crippen molar-refractivity contribution in [1.29, 1.82) is 0 Å². The van der Waals surface area contributed by atoms with Crippen molar-refractivity contribution in [1.82, 2.24) is 9.78 Å². The van der Waals surface area contributed by atoms with Crippen LogP contribution in [-0.4, -0.2) is 14.9 Å². The Kier molecular flexibility index (Phi) is 3.53. The van der Waals surface area contributed by atoms with Gasteiger partial charge in [0.15, 0.2) is 0 Å². The summed E-state index contributed by atoms with van der Waals surface area (Å²) in [7, 11) is 1.88. The molecule has 0 amide bonds. The molecule has 0 saturated carbocycles. The van der Waals surface area contributed by atoms with E-state index in [0.29, 0.717) is 0 Å². The van der Waals surface area contributed by atoms with Crippen LogP contribution in [0, 0.1) is 13.8 Å². The zero-order chi connectivity index (χ0) is 13.3. The van der Waals surface area contributed by atoms with Crippen LogP contribution in [0.25, 0.3) is 0 Å². The number of aryl methyl sites for hydroxylation is 4. The molecule has 96 valence electrons. The number of aliphatic hydroxyl groups excluding tert-OH is 1. The van der Waals surface area contributed by atoms with Crippen molar-refractivity contribution in [2.75, 3.05) is 0 Å². The van der Waals surface area contributed by atoms with Crippen molar-refractivity contribution in [2.45, 2.75) is 33.3 Å². The van der Waals surface area contributed by atoms with E-state index in [1.54, 1.807) is 4.68 Å². The van der Waals surface area contributed by atoms with Gasteiger partial charge in [-0.2, -0.15) is 5.10 Å². The molecule has 0 aliphatic heterocycles. The third-order valence-electron chi connectivity index (χ3n) is 3.33. The number of rotatable bonds is 3. The van der Waals surface area contributed by atoms with E-state index in [0.717, 1.165) is 28.9 Å². The Morgan fingerprint density at radius 3 is 2.56 bits per heavy atom. The van der Waals surface area contributed by atoms with E-state index < -0.39 is 6.10 Å². The highest BCUT2D eigenvalue weighted by Gasteiger charge is 2.17. The smallest absolute Gasteiger partial charge is 0.121 e. The SMILES string of the molecule is CCc1cc(C(O)c2ccc(C)cc2C)n(C)n1. The normalized spacial score (nSPS) is 12.7. The lowest BCUT2D eigenvalue weighted by Crippen LogP contribution is -2.08. The molecule has 2 aromatic rings. The van der Waals surface area contributed by atoms with Gasteiger partial charge in [0.2, 0.25) is 0 Å². The summed E-state index contributed by atoms with van der Waals surface area (Å²) in [6, 6.07) is 8.09. The quantitative estimate of drug-likeness (QED) is 0.901. The monoisotopic (exact) mass is 244 g/mol. The summed E-state index contributed by atoms with van der Waals surface area (Å²) < 4.78 is 1.77. The van der Waals surface area contributed by atoms with E-state index in [9.17, 15) is 5.11 Å². The van der Waals surface area contributed by atoms with Gasteiger partial charge in [0.25, 0.3) is 0 Å². The first-order chi connectivity index (χ1) is 8.52. The fraction of sp³-hybridized carbons (Fsp3) is 0.400. The molecule has 0 aliphatic carbocycles. The second-order valence-electron chi connectivity index (χ2n) is 4.80. The van der Waals surface area contributed by atoms with Crippen LogP contribution in [0.1, 0.15) is 41.1 Å². The molecular weight excluding hydrogens is 224 g/mol. The third-order valence-corrected chi connectivity index (χ3v) is 3.33. The summed E-state index contributed by atoms with van der Waals surface area (Å²) in [6.07, 6.45) is 0.274. The van der Waals surface area contributed by atoms with Crippen molar-refractivity contribution in [3.8, 4) is 0 Å². The number of hydrogen-bond acceptors (Lipinski definition) is 2. The number of aliphatic hydroxyl groups is 1. The molecule has 2 rings (SSSR count). The van der Waals surface area contributed by atoms with Crippen LogP contribution < -0.4 is 0 Å². The number of hydrogen-bond donors (Lipinski definition) is 1. The van der Waals surface area contributed by atoms with Crippen LogP contribution in [0.5, 0.6) is 0 Å². The highest BCUT2D eigenvalue weighted by atomic mass is 16.3. The van der Waals surface area contributed by atoms with Crippen LogP contribution >= 0.6 is 0 Å². The van der Waals surface area contributed by atoms with Gasteiger partial charge in [-0.1, -0.05) is 30.7 Å². The van der Waals surface area contributed by atoms with E-state index in [4.69, 9.17) is 0 Å². The van der Waals surface area contributed by atoms with Crippen molar-refractivity contribution in [2.24, 2.45) is 7.05 Å². The minimum Gasteiger partial charge on any atom is -0.382 e. The van der Waals surface area contributed by atoms with Gasteiger partial charge >= 0.3 is 0 Å². The van der Waals surface area contributed by atoms with Gasteiger partial charge in [-0.3, -0.25) is 4.68 Å². The zero-order valence-corrected chi connectivity index (χ0v) is 11.4. The highest BCUT2D eigenvalue weighted by molar-refractivity contribution is 5.36. The predicted octanol–water partition coefficient (Wildman–Crippen LogP) is 2.68. The van der Waals surface area contributed by atoms with E-state index in [1.165, 1.54) is 5.56 Å². The largest absolute Gasteiger partial charge is 0.382 e. The van der Waals surface area contributed by atoms with Crippen LogP contribution in [0.3, 0.4) is 0 Å². The second-order valence-corrected chi connectivity index (χ2v) is 4.80. The molecule has 1 aromatic heterocycles. The lowest BCUT2D eigenvalue weighted by Gasteiger charge is -2.14. The molecule has 0 aliphatic rings. The average Bonchev–Trinajstić information content (AvgIpc) is 2.70. The van der Waals surface area contributed by atoms with E-state index in [1.807, 2.05) is 32.2 Å². The number of benzene rings is 1. The minimum atomic E-state index is -0.608. The van der Waals surface area contributed by atoms with Crippen molar-refractivity contribution < 1.29 is 5.11 Å². The lowest BCUT2D eigenvalue weighted by molar-refractivity contribution is 0.209. The molecule has 3 nitrogen and oxygen atoms in total. The summed E-state index contributed by atoms with van der Waals surface area (Å²) in [5.41, 5.74) is 5.13. The molecule has 1 N–H and O–H groups in total. The van der Waals surface area contributed by atoms with E-state index in [-0.39, 0.29) is 0 Å². The molecular formula is C15H20N2O. The Morgan fingerprint density at radius 2 is 2.00 bits per heavy atom. The summed E-state index contributed by atoms with van der Waals surface area (Å²) >= 11 is 0. The highest BCUT2D eigenvalue weighted by Crippen LogP contribution is 2.25. The summed E-state index contributed by atoms with van der Waals surface area (Å²) in [5.74, 6) is 0. The third kappa shape index (κ3) is 2.31. The molecule has 1 heterocycles. The Morgan fingerprint density at radius 1 is 1.28 bits per heavy atom. The Bertz CT molecular complexity index is 558. The maximum Gasteiger partial charge on any atom is 0.121 e. The molecule has 0 radical (unpaired) electrons. The Hall–Kier alpha value is -1.61. The first-order valence-electron chi connectivity index (χ1n) is 6.31. The standard InChI is InChI=1S/C15H20N2O/c1-5-12-9-14(17(4)16-12)15(18)13-7-6-10(2)8-11(13)3/h6-9,15,18H,5H2,1-4H3. The molecule has 0 spiro atoms. The van der Waals surface area contributed by atoms with Crippen LogP contribution in [0.4, 0.5) is 0 Å². The minimum absolute atomic E-state index is 0.608. The van der Waals surface area contributed by atoms with Crippen molar-refractivity contribution >= 4 is 0 Å². The zero-order valence-electron chi connectivity index (χ0n) is 11.4. The molecule has 0 saturated heterocycles. The fourth-order valence-corrected chi connectivity index (χ4v) is 2.26. The predicted molar refractivity (Wildman–Crippen MR) is 72.6 cm³/mol. The van der Waals surface area contributed by atoms with Crippen LogP contribution in [0.15, 0.2) is 24.3 Å².